The van der Waals surface area contributed by atoms with Crippen molar-refractivity contribution in [3.63, 3.8) is 0 Å². The standard InChI is InChI=1S/C16H22N4O6/c1-3-26-13(21)4-5-19-6-7-20-12(15(19)23)8-11(18-20)14(22)17-9-10(2)16(24)25/h8,10H,3-7,9H2,1-2H3,(H,17,22)(H,24,25). The maximum atomic E-state index is 12.5. The highest BCUT2D eigenvalue weighted by atomic mass is 16.5. The first-order chi connectivity index (χ1) is 12.3. The number of ether oxygens (including phenoxy) is 1. The zero-order valence-corrected chi connectivity index (χ0v) is 14.7. The van der Waals surface area contributed by atoms with Crippen LogP contribution in [0.4, 0.5) is 0 Å². The van der Waals surface area contributed by atoms with Crippen molar-refractivity contribution in [1.82, 2.24) is 20.0 Å². The number of carboxylic acid groups (broad SMARTS) is 1. The summed E-state index contributed by atoms with van der Waals surface area (Å²) in [5.41, 5.74) is 0.315. The molecular formula is C16H22N4O6. The molecule has 2 N–H and O–H groups in total. The minimum atomic E-state index is -1.01. The highest BCUT2D eigenvalue weighted by Crippen LogP contribution is 2.14. The lowest BCUT2D eigenvalue weighted by Crippen LogP contribution is -2.41. The van der Waals surface area contributed by atoms with Crippen LogP contribution in [0.2, 0.25) is 0 Å². The number of carbonyl (C=O) groups excluding carboxylic acids is 3. The summed E-state index contributed by atoms with van der Waals surface area (Å²) in [7, 11) is 0. The van der Waals surface area contributed by atoms with Gasteiger partial charge >= 0.3 is 11.9 Å². The van der Waals surface area contributed by atoms with Crippen LogP contribution in [-0.2, 0) is 20.9 Å². The molecule has 1 atom stereocenters. The van der Waals surface area contributed by atoms with Crippen LogP contribution in [0.3, 0.4) is 0 Å². The number of rotatable bonds is 8. The molecule has 0 saturated heterocycles. The van der Waals surface area contributed by atoms with Gasteiger partial charge in [-0.2, -0.15) is 5.10 Å². The summed E-state index contributed by atoms with van der Waals surface area (Å²) < 4.78 is 6.29. The molecule has 1 aliphatic heterocycles. The average Bonchev–Trinajstić information content (AvgIpc) is 3.04. The van der Waals surface area contributed by atoms with E-state index in [2.05, 4.69) is 10.4 Å². The third-order valence-corrected chi connectivity index (χ3v) is 3.98. The van der Waals surface area contributed by atoms with Gasteiger partial charge in [0.1, 0.15) is 5.69 Å². The maximum absolute atomic E-state index is 12.5. The number of fused-ring (bicyclic) bond motifs is 1. The van der Waals surface area contributed by atoms with Gasteiger partial charge in [-0.1, -0.05) is 6.92 Å². The highest BCUT2D eigenvalue weighted by molar-refractivity contribution is 5.98. The number of aromatic nitrogens is 2. The van der Waals surface area contributed by atoms with E-state index in [0.29, 0.717) is 19.7 Å². The van der Waals surface area contributed by atoms with Crippen LogP contribution in [0.5, 0.6) is 0 Å². The molecule has 1 aliphatic rings. The Labute approximate surface area is 150 Å². The molecule has 2 heterocycles. The Kier molecular flexibility index (Phi) is 6.31. The van der Waals surface area contributed by atoms with Gasteiger partial charge in [-0.15, -0.1) is 0 Å². The second kappa shape index (κ2) is 8.45. The first-order valence-corrected chi connectivity index (χ1v) is 8.37. The van der Waals surface area contributed by atoms with Crippen LogP contribution < -0.4 is 5.32 Å². The van der Waals surface area contributed by atoms with Crippen LogP contribution >= 0.6 is 0 Å². The molecule has 0 radical (unpaired) electrons. The molecule has 26 heavy (non-hydrogen) atoms. The van der Waals surface area contributed by atoms with E-state index in [1.54, 1.807) is 6.92 Å². The van der Waals surface area contributed by atoms with E-state index in [4.69, 9.17) is 9.84 Å². The summed E-state index contributed by atoms with van der Waals surface area (Å²) in [6.45, 7) is 4.47. The third-order valence-electron chi connectivity index (χ3n) is 3.98. The van der Waals surface area contributed by atoms with Gasteiger partial charge in [-0.05, 0) is 6.92 Å². The van der Waals surface area contributed by atoms with Crippen molar-refractivity contribution in [2.45, 2.75) is 26.8 Å². The van der Waals surface area contributed by atoms with Crippen molar-refractivity contribution in [3.05, 3.63) is 17.5 Å². The third kappa shape index (κ3) is 4.58. The number of carbonyl (C=O) groups is 4. The molecule has 10 heteroatoms. The van der Waals surface area contributed by atoms with E-state index >= 15 is 0 Å². The Morgan fingerprint density at radius 1 is 1.38 bits per heavy atom. The molecule has 0 spiro atoms. The van der Waals surface area contributed by atoms with Crippen molar-refractivity contribution in [2.24, 2.45) is 5.92 Å². The molecule has 0 saturated carbocycles. The molecular weight excluding hydrogens is 344 g/mol. The van der Waals surface area contributed by atoms with Gasteiger partial charge in [-0.3, -0.25) is 23.9 Å². The predicted octanol–water partition coefficient (Wildman–Crippen LogP) is -0.257. The lowest BCUT2D eigenvalue weighted by Gasteiger charge is -2.26. The first kappa shape index (κ1) is 19.4. The Morgan fingerprint density at radius 2 is 2.12 bits per heavy atom. The summed E-state index contributed by atoms with van der Waals surface area (Å²) in [6.07, 6.45) is 0.105. The average molecular weight is 366 g/mol. The van der Waals surface area contributed by atoms with Gasteiger partial charge in [-0.25, -0.2) is 0 Å². The van der Waals surface area contributed by atoms with E-state index in [9.17, 15) is 19.2 Å². The molecule has 0 aromatic carbocycles. The van der Waals surface area contributed by atoms with Gasteiger partial charge in [0.2, 0.25) is 0 Å². The Morgan fingerprint density at radius 3 is 2.77 bits per heavy atom. The molecule has 1 unspecified atom stereocenters. The lowest BCUT2D eigenvalue weighted by molar-refractivity contribution is -0.143. The number of nitrogens with one attached hydrogen (secondary N) is 1. The fourth-order valence-electron chi connectivity index (χ4n) is 2.45. The van der Waals surface area contributed by atoms with Crippen molar-refractivity contribution in [1.29, 1.82) is 0 Å². The van der Waals surface area contributed by atoms with Gasteiger partial charge in [0, 0.05) is 25.7 Å². The van der Waals surface area contributed by atoms with Crippen molar-refractivity contribution < 1.29 is 29.0 Å². The van der Waals surface area contributed by atoms with Gasteiger partial charge < -0.3 is 20.1 Å². The number of nitrogens with zero attached hydrogens (tertiary/aromatic N) is 3. The van der Waals surface area contributed by atoms with Crippen molar-refractivity contribution >= 4 is 23.8 Å². The predicted molar refractivity (Wildman–Crippen MR) is 88.5 cm³/mol. The van der Waals surface area contributed by atoms with Crippen molar-refractivity contribution in [2.75, 3.05) is 26.2 Å². The lowest BCUT2D eigenvalue weighted by atomic mass is 10.2. The fourth-order valence-corrected chi connectivity index (χ4v) is 2.45. The number of amides is 2. The Bertz CT molecular complexity index is 714. The second-order valence-electron chi connectivity index (χ2n) is 5.93. The highest BCUT2D eigenvalue weighted by Gasteiger charge is 2.28. The Balaban J connectivity index is 1.98. The largest absolute Gasteiger partial charge is 0.481 e. The Hall–Kier alpha value is -2.91. The molecule has 0 aliphatic carbocycles. The number of hydrogen-bond donors (Lipinski definition) is 2. The van der Waals surface area contributed by atoms with E-state index in [-0.39, 0.29) is 42.8 Å². The number of esters is 1. The summed E-state index contributed by atoms with van der Waals surface area (Å²) in [4.78, 5) is 48.3. The van der Waals surface area contributed by atoms with Crippen LogP contribution in [0.25, 0.3) is 0 Å². The summed E-state index contributed by atoms with van der Waals surface area (Å²) >= 11 is 0. The molecule has 0 fully saturated rings. The van der Waals surface area contributed by atoms with E-state index in [1.165, 1.54) is 22.6 Å². The normalized spacial score (nSPS) is 14.5. The number of carboxylic acids is 1. The molecule has 1 aromatic rings. The van der Waals surface area contributed by atoms with E-state index in [1.807, 2.05) is 0 Å². The first-order valence-electron chi connectivity index (χ1n) is 8.37. The summed E-state index contributed by atoms with van der Waals surface area (Å²) in [6, 6.07) is 1.37. The molecule has 142 valence electrons. The minimum absolute atomic E-state index is 0.0318. The smallest absolute Gasteiger partial charge is 0.308 e. The molecule has 0 bridgehead atoms. The fraction of sp³-hybridized carbons (Fsp3) is 0.562. The SMILES string of the molecule is CCOC(=O)CCN1CCn2nc(C(=O)NCC(C)C(=O)O)cc2C1=O. The van der Waals surface area contributed by atoms with Crippen LogP contribution in [0, 0.1) is 5.92 Å². The van der Waals surface area contributed by atoms with Crippen LogP contribution in [-0.4, -0.2) is 69.8 Å². The summed E-state index contributed by atoms with van der Waals surface area (Å²) in [5.74, 6) is -2.96. The van der Waals surface area contributed by atoms with E-state index < -0.39 is 17.8 Å². The monoisotopic (exact) mass is 366 g/mol. The zero-order chi connectivity index (χ0) is 19.3. The maximum Gasteiger partial charge on any atom is 0.308 e. The minimum Gasteiger partial charge on any atom is -0.481 e. The second-order valence-corrected chi connectivity index (χ2v) is 5.93. The molecule has 10 nitrogen and oxygen atoms in total. The van der Waals surface area contributed by atoms with E-state index in [0.717, 1.165) is 0 Å². The van der Waals surface area contributed by atoms with Crippen LogP contribution in [0.1, 0.15) is 41.2 Å². The molecule has 2 amide bonds. The molecule has 2 rings (SSSR count). The summed E-state index contributed by atoms with van der Waals surface area (Å²) in [5, 5.41) is 15.4. The molecule has 1 aromatic heterocycles. The van der Waals surface area contributed by atoms with Crippen LogP contribution in [0.15, 0.2) is 6.07 Å². The van der Waals surface area contributed by atoms with Gasteiger partial charge in [0.25, 0.3) is 11.8 Å². The number of hydrogen-bond acceptors (Lipinski definition) is 6. The van der Waals surface area contributed by atoms with Gasteiger partial charge in [0.15, 0.2) is 5.69 Å². The zero-order valence-electron chi connectivity index (χ0n) is 14.7. The van der Waals surface area contributed by atoms with Gasteiger partial charge in [0.05, 0.1) is 25.5 Å². The quantitative estimate of drug-likeness (QED) is 0.606. The topological polar surface area (TPSA) is 131 Å². The van der Waals surface area contributed by atoms with Crippen molar-refractivity contribution in [3.8, 4) is 0 Å². The number of aliphatic carboxylic acids is 1.